The summed E-state index contributed by atoms with van der Waals surface area (Å²) in [6.07, 6.45) is 8.65. The molecule has 0 aromatic heterocycles. The van der Waals surface area contributed by atoms with E-state index in [1.165, 1.54) is 45.1 Å². The molecule has 0 amide bonds. The largest absolute Gasteiger partial charge is 0.329 e. The van der Waals surface area contributed by atoms with Gasteiger partial charge in [-0.2, -0.15) is 0 Å². The molecule has 2 rings (SSSR count). The lowest BCUT2D eigenvalue weighted by molar-refractivity contribution is 0.335. The van der Waals surface area contributed by atoms with Crippen molar-refractivity contribution in [3.63, 3.8) is 0 Å². The Bertz CT molecular complexity index is 139. The SMILES string of the molecule is NCC1CN1C1CCCCCC1. The molecule has 0 aromatic carbocycles. The summed E-state index contributed by atoms with van der Waals surface area (Å²) in [7, 11) is 0. The van der Waals surface area contributed by atoms with E-state index in [0.717, 1.165) is 18.6 Å². The van der Waals surface area contributed by atoms with Gasteiger partial charge in [-0.1, -0.05) is 25.7 Å². The summed E-state index contributed by atoms with van der Waals surface area (Å²) in [5, 5.41) is 0. The molecule has 12 heavy (non-hydrogen) atoms. The lowest BCUT2D eigenvalue weighted by Crippen LogP contribution is -2.22. The summed E-state index contributed by atoms with van der Waals surface area (Å²) in [4.78, 5) is 2.60. The molecule has 1 aliphatic heterocycles. The van der Waals surface area contributed by atoms with Gasteiger partial charge in [0, 0.05) is 25.2 Å². The third kappa shape index (κ3) is 1.80. The second kappa shape index (κ2) is 3.75. The van der Waals surface area contributed by atoms with Crippen LogP contribution in [0.25, 0.3) is 0 Å². The Hall–Kier alpha value is -0.0800. The first-order valence-electron chi connectivity index (χ1n) is 5.37. The summed E-state index contributed by atoms with van der Waals surface area (Å²) in [6, 6.07) is 1.63. The summed E-state index contributed by atoms with van der Waals surface area (Å²) < 4.78 is 0. The van der Waals surface area contributed by atoms with E-state index in [1.54, 1.807) is 0 Å². The molecule has 2 N–H and O–H groups in total. The van der Waals surface area contributed by atoms with Gasteiger partial charge < -0.3 is 5.73 Å². The van der Waals surface area contributed by atoms with Crippen molar-refractivity contribution in [2.45, 2.75) is 50.6 Å². The van der Waals surface area contributed by atoms with E-state index >= 15 is 0 Å². The van der Waals surface area contributed by atoms with E-state index in [1.807, 2.05) is 0 Å². The van der Waals surface area contributed by atoms with Gasteiger partial charge >= 0.3 is 0 Å². The summed E-state index contributed by atoms with van der Waals surface area (Å²) in [5.74, 6) is 0. The van der Waals surface area contributed by atoms with Crippen LogP contribution in [0.1, 0.15) is 38.5 Å². The molecule has 0 spiro atoms. The lowest BCUT2D eigenvalue weighted by Gasteiger charge is -2.15. The van der Waals surface area contributed by atoms with Crippen LogP contribution >= 0.6 is 0 Å². The topological polar surface area (TPSA) is 29.0 Å². The smallest absolute Gasteiger partial charge is 0.0349 e. The highest BCUT2D eigenvalue weighted by Crippen LogP contribution is 2.29. The van der Waals surface area contributed by atoms with Crippen molar-refractivity contribution in [2.75, 3.05) is 13.1 Å². The predicted molar refractivity (Wildman–Crippen MR) is 51.0 cm³/mol. The Labute approximate surface area is 75.1 Å². The number of hydrogen-bond donors (Lipinski definition) is 1. The van der Waals surface area contributed by atoms with Crippen LogP contribution in [-0.4, -0.2) is 30.1 Å². The Morgan fingerprint density at radius 1 is 1.08 bits per heavy atom. The van der Waals surface area contributed by atoms with Crippen LogP contribution < -0.4 is 5.73 Å². The van der Waals surface area contributed by atoms with Crippen molar-refractivity contribution in [3.05, 3.63) is 0 Å². The fourth-order valence-corrected chi connectivity index (χ4v) is 2.44. The Morgan fingerprint density at radius 2 is 1.75 bits per heavy atom. The number of nitrogens with zero attached hydrogens (tertiary/aromatic N) is 1. The van der Waals surface area contributed by atoms with E-state index < -0.39 is 0 Å². The molecule has 1 aliphatic carbocycles. The number of rotatable bonds is 2. The molecule has 1 saturated heterocycles. The molecule has 70 valence electrons. The van der Waals surface area contributed by atoms with Gasteiger partial charge in [-0.05, 0) is 12.8 Å². The number of hydrogen-bond acceptors (Lipinski definition) is 2. The molecule has 2 nitrogen and oxygen atoms in total. The van der Waals surface area contributed by atoms with Crippen molar-refractivity contribution in [2.24, 2.45) is 5.73 Å². The fraction of sp³-hybridized carbons (Fsp3) is 1.00. The highest BCUT2D eigenvalue weighted by atomic mass is 15.3. The number of nitrogens with two attached hydrogens (primary N) is 1. The summed E-state index contributed by atoms with van der Waals surface area (Å²) >= 11 is 0. The van der Waals surface area contributed by atoms with Gasteiger partial charge in [0.05, 0.1) is 0 Å². The van der Waals surface area contributed by atoms with Crippen LogP contribution in [0, 0.1) is 0 Å². The van der Waals surface area contributed by atoms with Crippen molar-refractivity contribution >= 4 is 0 Å². The van der Waals surface area contributed by atoms with Crippen LogP contribution in [0.2, 0.25) is 0 Å². The van der Waals surface area contributed by atoms with Crippen molar-refractivity contribution < 1.29 is 0 Å². The van der Waals surface area contributed by atoms with Gasteiger partial charge in [-0.15, -0.1) is 0 Å². The first-order chi connectivity index (χ1) is 5.92. The first kappa shape index (κ1) is 8.52. The molecule has 1 heterocycles. The zero-order valence-corrected chi connectivity index (χ0v) is 7.84. The molecule has 0 aromatic rings. The molecular weight excluding hydrogens is 148 g/mol. The average molecular weight is 168 g/mol. The first-order valence-corrected chi connectivity index (χ1v) is 5.37. The van der Waals surface area contributed by atoms with Crippen LogP contribution in [0.4, 0.5) is 0 Å². The molecule has 0 radical (unpaired) electrons. The van der Waals surface area contributed by atoms with Gasteiger partial charge in [0.2, 0.25) is 0 Å². The zero-order valence-electron chi connectivity index (χ0n) is 7.84. The highest BCUT2D eigenvalue weighted by Gasteiger charge is 2.37. The van der Waals surface area contributed by atoms with Crippen molar-refractivity contribution in [1.29, 1.82) is 0 Å². The monoisotopic (exact) mass is 168 g/mol. The van der Waals surface area contributed by atoms with Gasteiger partial charge in [0.1, 0.15) is 0 Å². The maximum Gasteiger partial charge on any atom is 0.0349 e. The second-order valence-electron chi connectivity index (χ2n) is 4.23. The van der Waals surface area contributed by atoms with Crippen LogP contribution in [0.5, 0.6) is 0 Å². The maximum atomic E-state index is 5.63. The predicted octanol–water partition coefficient (Wildman–Crippen LogP) is 1.35. The second-order valence-corrected chi connectivity index (χ2v) is 4.23. The van der Waals surface area contributed by atoms with Gasteiger partial charge in [-0.3, -0.25) is 4.90 Å². The third-order valence-corrected chi connectivity index (χ3v) is 3.32. The van der Waals surface area contributed by atoms with Gasteiger partial charge in [-0.25, -0.2) is 0 Å². The molecule has 2 unspecified atom stereocenters. The lowest BCUT2D eigenvalue weighted by atomic mass is 10.1. The van der Waals surface area contributed by atoms with Crippen molar-refractivity contribution in [1.82, 2.24) is 4.90 Å². The normalized spacial score (nSPS) is 37.8. The van der Waals surface area contributed by atoms with Crippen molar-refractivity contribution in [3.8, 4) is 0 Å². The Balaban J connectivity index is 1.79. The Kier molecular flexibility index (Phi) is 2.66. The fourth-order valence-electron chi connectivity index (χ4n) is 2.44. The summed E-state index contributed by atoms with van der Waals surface area (Å²) in [6.45, 7) is 2.15. The molecule has 2 heteroatoms. The minimum absolute atomic E-state index is 0.744. The zero-order chi connectivity index (χ0) is 8.39. The van der Waals surface area contributed by atoms with Gasteiger partial charge in [0.25, 0.3) is 0 Å². The quantitative estimate of drug-likeness (QED) is 0.498. The van der Waals surface area contributed by atoms with Gasteiger partial charge in [0.15, 0.2) is 0 Å². The molecule has 1 saturated carbocycles. The maximum absolute atomic E-state index is 5.63. The minimum Gasteiger partial charge on any atom is -0.329 e. The van der Waals surface area contributed by atoms with Crippen LogP contribution in [-0.2, 0) is 0 Å². The summed E-state index contributed by atoms with van der Waals surface area (Å²) in [5.41, 5.74) is 5.63. The standard InChI is InChI=1S/C10H20N2/c11-7-10-8-12(10)9-5-3-1-2-4-6-9/h9-10H,1-8,11H2. The highest BCUT2D eigenvalue weighted by molar-refractivity contribution is 4.95. The van der Waals surface area contributed by atoms with E-state index in [9.17, 15) is 0 Å². The molecule has 2 fully saturated rings. The molecule has 0 bridgehead atoms. The molecule has 2 atom stereocenters. The van der Waals surface area contributed by atoms with Crippen LogP contribution in [0.15, 0.2) is 0 Å². The molecule has 2 aliphatic rings. The third-order valence-electron chi connectivity index (χ3n) is 3.32. The Morgan fingerprint density at radius 3 is 2.25 bits per heavy atom. The van der Waals surface area contributed by atoms with Crippen LogP contribution in [0.3, 0.4) is 0 Å². The minimum atomic E-state index is 0.744. The van der Waals surface area contributed by atoms with E-state index in [2.05, 4.69) is 4.90 Å². The average Bonchev–Trinajstić information content (AvgIpc) is 2.89. The van der Waals surface area contributed by atoms with E-state index in [0.29, 0.717) is 0 Å². The van der Waals surface area contributed by atoms with E-state index in [4.69, 9.17) is 5.73 Å². The van der Waals surface area contributed by atoms with E-state index in [-0.39, 0.29) is 0 Å². The molecular formula is C10H20N2.